The molecule has 0 bridgehead atoms. The smallest absolute Gasteiger partial charge is 0.263 e. The zero-order chi connectivity index (χ0) is 16.4. The lowest BCUT2D eigenvalue weighted by Gasteiger charge is -2.37. The zero-order valence-corrected chi connectivity index (χ0v) is 13.7. The molecule has 1 aliphatic heterocycles. The van der Waals surface area contributed by atoms with E-state index in [2.05, 4.69) is 10.3 Å². The van der Waals surface area contributed by atoms with E-state index in [1.165, 1.54) is 22.7 Å². The third-order valence-electron chi connectivity index (χ3n) is 3.41. The lowest BCUT2D eigenvalue weighted by molar-refractivity contribution is -0.123. The Labute approximate surface area is 140 Å². The van der Waals surface area contributed by atoms with Crippen molar-refractivity contribution in [1.29, 1.82) is 0 Å². The van der Waals surface area contributed by atoms with E-state index in [9.17, 15) is 14.4 Å². The van der Waals surface area contributed by atoms with Gasteiger partial charge in [-0.05, 0) is 11.4 Å². The predicted molar refractivity (Wildman–Crippen MR) is 87.4 cm³/mol. The minimum atomic E-state index is -0.463. The van der Waals surface area contributed by atoms with Gasteiger partial charge in [-0.2, -0.15) is 0 Å². The van der Waals surface area contributed by atoms with Crippen LogP contribution in [0.1, 0.15) is 15.4 Å². The number of anilines is 1. The monoisotopic (exact) mass is 350 g/mol. The summed E-state index contributed by atoms with van der Waals surface area (Å²) < 4.78 is 0. The van der Waals surface area contributed by atoms with Crippen LogP contribution in [0.2, 0.25) is 0 Å². The second-order valence-electron chi connectivity index (χ2n) is 5.16. The molecule has 0 unspecified atom stereocenters. The first kappa shape index (κ1) is 15.6. The van der Waals surface area contributed by atoms with E-state index in [-0.39, 0.29) is 24.2 Å². The van der Waals surface area contributed by atoms with Crippen LogP contribution < -0.4 is 11.1 Å². The van der Waals surface area contributed by atoms with E-state index < -0.39 is 5.91 Å². The highest BCUT2D eigenvalue weighted by atomic mass is 32.1. The van der Waals surface area contributed by atoms with Gasteiger partial charge in [0.05, 0.1) is 22.9 Å². The maximum atomic E-state index is 12.1. The quantitative estimate of drug-likeness (QED) is 0.837. The number of aromatic nitrogens is 1. The molecule has 1 aliphatic rings. The van der Waals surface area contributed by atoms with Crippen molar-refractivity contribution in [3.8, 4) is 0 Å². The van der Waals surface area contributed by atoms with Crippen LogP contribution in [0.15, 0.2) is 22.9 Å². The van der Waals surface area contributed by atoms with Crippen LogP contribution in [0, 0.1) is 5.92 Å². The molecule has 1 saturated heterocycles. The third kappa shape index (κ3) is 3.57. The van der Waals surface area contributed by atoms with E-state index >= 15 is 0 Å². The zero-order valence-electron chi connectivity index (χ0n) is 12.0. The minimum Gasteiger partial charge on any atom is -0.369 e. The van der Waals surface area contributed by atoms with Gasteiger partial charge < -0.3 is 16.0 Å². The number of rotatable bonds is 5. The number of thiazole rings is 1. The van der Waals surface area contributed by atoms with Crippen LogP contribution in [0.25, 0.3) is 0 Å². The van der Waals surface area contributed by atoms with Gasteiger partial charge in [-0.15, -0.1) is 22.7 Å². The Morgan fingerprint density at radius 1 is 1.35 bits per heavy atom. The summed E-state index contributed by atoms with van der Waals surface area (Å²) in [6, 6.07) is 3.60. The number of hydrogen-bond donors (Lipinski definition) is 2. The van der Waals surface area contributed by atoms with Gasteiger partial charge in [0.15, 0.2) is 5.13 Å². The van der Waals surface area contributed by atoms with Crippen molar-refractivity contribution in [3.63, 3.8) is 0 Å². The van der Waals surface area contributed by atoms with Gasteiger partial charge in [0, 0.05) is 18.5 Å². The topological polar surface area (TPSA) is 105 Å². The number of nitrogens with zero attached hydrogens (tertiary/aromatic N) is 2. The summed E-state index contributed by atoms with van der Waals surface area (Å²) in [5.41, 5.74) is 5.64. The number of nitrogens with one attached hydrogen (secondary N) is 1. The molecule has 0 aromatic carbocycles. The molecule has 3 N–H and O–H groups in total. The van der Waals surface area contributed by atoms with Crippen LogP contribution in [-0.2, 0) is 16.0 Å². The Balaban J connectivity index is 1.50. The van der Waals surface area contributed by atoms with Crippen LogP contribution >= 0.6 is 22.7 Å². The van der Waals surface area contributed by atoms with Gasteiger partial charge in [0.1, 0.15) is 0 Å². The Morgan fingerprint density at radius 3 is 2.78 bits per heavy atom. The van der Waals surface area contributed by atoms with Gasteiger partial charge in [-0.25, -0.2) is 4.98 Å². The number of hydrogen-bond acceptors (Lipinski definition) is 6. The highest BCUT2D eigenvalue weighted by molar-refractivity contribution is 7.14. The molecule has 120 valence electrons. The van der Waals surface area contributed by atoms with E-state index in [4.69, 9.17) is 5.73 Å². The molecule has 9 heteroatoms. The molecule has 3 amide bonds. The van der Waals surface area contributed by atoms with Crippen LogP contribution in [0.5, 0.6) is 0 Å². The van der Waals surface area contributed by atoms with Crippen molar-refractivity contribution in [2.24, 2.45) is 11.7 Å². The van der Waals surface area contributed by atoms with E-state index in [0.717, 1.165) is 0 Å². The van der Waals surface area contributed by atoms with E-state index in [1.807, 2.05) is 11.4 Å². The maximum Gasteiger partial charge on any atom is 0.263 e. The molecule has 3 rings (SSSR count). The van der Waals surface area contributed by atoms with Crippen molar-refractivity contribution in [2.75, 3.05) is 18.4 Å². The highest BCUT2D eigenvalue weighted by Gasteiger charge is 2.36. The van der Waals surface area contributed by atoms with Gasteiger partial charge in [-0.3, -0.25) is 14.4 Å². The Morgan fingerprint density at radius 2 is 2.13 bits per heavy atom. The van der Waals surface area contributed by atoms with Crippen molar-refractivity contribution >= 4 is 45.5 Å². The molecule has 0 atom stereocenters. The summed E-state index contributed by atoms with van der Waals surface area (Å²) in [5, 5.41) is 6.69. The lowest BCUT2D eigenvalue weighted by atomic mass is 9.99. The lowest BCUT2D eigenvalue weighted by Crippen LogP contribution is -2.54. The van der Waals surface area contributed by atoms with Crippen molar-refractivity contribution < 1.29 is 14.4 Å². The highest BCUT2D eigenvalue weighted by Crippen LogP contribution is 2.23. The average molecular weight is 350 g/mol. The first-order valence-electron chi connectivity index (χ1n) is 6.89. The number of amides is 3. The first-order chi connectivity index (χ1) is 11.0. The van der Waals surface area contributed by atoms with Gasteiger partial charge in [0.25, 0.3) is 5.91 Å². The SMILES string of the molecule is NC(=O)Cc1csc(NC(=O)C2CN(C(=O)c3cccs3)C2)n1. The third-order valence-corrected chi connectivity index (χ3v) is 5.07. The number of thiophene rings is 1. The molecular weight excluding hydrogens is 336 g/mol. The van der Waals surface area contributed by atoms with Crippen molar-refractivity contribution in [1.82, 2.24) is 9.88 Å². The molecule has 1 fully saturated rings. The fourth-order valence-corrected chi connectivity index (χ4v) is 3.60. The molecule has 0 spiro atoms. The second-order valence-corrected chi connectivity index (χ2v) is 6.97. The summed E-state index contributed by atoms with van der Waals surface area (Å²) in [5.74, 6) is -0.903. The molecule has 3 heterocycles. The fourth-order valence-electron chi connectivity index (χ4n) is 2.20. The summed E-state index contributed by atoms with van der Waals surface area (Å²) in [7, 11) is 0. The second kappa shape index (κ2) is 6.47. The molecule has 2 aromatic heterocycles. The normalized spacial score (nSPS) is 14.3. The first-order valence-corrected chi connectivity index (χ1v) is 8.65. The van der Waals surface area contributed by atoms with E-state index in [1.54, 1.807) is 16.3 Å². The minimum absolute atomic E-state index is 0.0398. The van der Waals surface area contributed by atoms with Crippen molar-refractivity contribution in [2.45, 2.75) is 6.42 Å². The number of likely N-dealkylation sites (tertiary alicyclic amines) is 1. The summed E-state index contributed by atoms with van der Waals surface area (Å²) in [4.78, 5) is 41.5. The van der Waals surface area contributed by atoms with Gasteiger partial charge in [0.2, 0.25) is 11.8 Å². The Bertz CT molecular complexity index is 735. The Kier molecular flexibility index (Phi) is 4.39. The fraction of sp³-hybridized carbons (Fsp3) is 0.286. The van der Waals surface area contributed by atoms with Gasteiger partial charge >= 0.3 is 0 Å². The number of carbonyl (C=O) groups is 3. The molecule has 0 saturated carbocycles. The maximum absolute atomic E-state index is 12.1. The van der Waals surface area contributed by atoms with Crippen LogP contribution in [-0.4, -0.2) is 40.7 Å². The Hall–Kier alpha value is -2.26. The number of primary amides is 1. The summed E-state index contributed by atoms with van der Waals surface area (Å²) in [6.07, 6.45) is 0.0545. The van der Waals surface area contributed by atoms with Crippen molar-refractivity contribution in [3.05, 3.63) is 33.5 Å². The van der Waals surface area contributed by atoms with E-state index in [0.29, 0.717) is 28.8 Å². The summed E-state index contributed by atoms with van der Waals surface area (Å²) >= 11 is 2.64. The predicted octanol–water partition coefficient (Wildman–Crippen LogP) is 0.943. The molecule has 7 nitrogen and oxygen atoms in total. The van der Waals surface area contributed by atoms with Gasteiger partial charge in [-0.1, -0.05) is 6.07 Å². The molecular formula is C14H14N4O3S2. The largest absolute Gasteiger partial charge is 0.369 e. The van der Waals surface area contributed by atoms with Crippen LogP contribution in [0.3, 0.4) is 0 Å². The average Bonchev–Trinajstić information content (AvgIpc) is 3.07. The molecule has 0 aliphatic carbocycles. The van der Waals surface area contributed by atoms with Crippen LogP contribution in [0.4, 0.5) is 5.13 Å². The molecule has 2 aromatic rings. The summed E-state index contributed by atoms with van der Waals surface area (Å²) in [6.45, 7) is 0.810. The molecule has 23 heavy (non-hydrogen) atoms. The number of carbonyl (C=O) groups excluding carboxylic acids is 3. The number of nitrogens with two attached hydrogens (primary N) is 1. The standard InChI is InChI=1S/C14H14N4O3S2/c15-11(19)4-9-7-23-14(16-9)17-12(20)8-5-18(6-8)13(21)10-2-1-3-22-10/h1-3,7-8H,4-6H2,(H2,15,19)(H,16,17,20). The molecule has 0 radical (unpaired) electrons.